The normalized spacial score (nSPS) is 20.4. The Kier molecular flexibility index (Phi) is 7.40. The van der Waals surface area contributed by atoms with Crippen LogP contribution in [0.15, 0.2) is 47.6 Å². The van der Waals surface area contributed by atoms with Gasteiger partial charge in [-0.15, -0.1) is 11.3 Å². The van der Waals surface area contributed by atoms with E-state index in [0.717, 1.165) is 24.5 Å². The van der Waals surface area contributed by atoms with Crippen LogP contribution in [0.4, 0.5) is 23.2 Å². The molecule has 2 atom stereocenters. The Morgan fingerprint density at radius 1 is 1.54 bits per heavy atom. The van der Waals surface area contributed by atoms with Gasteiger partial charge in [0.05, 0.1) is 11.6 Å². The van der Waals surface area contributed by atoms with Crippen molar-refractivity contribution < 1.29 is 29.3 Å². The molecule has 1 aliphatic heterocycles. The molecule has 6 nitrogen and oxygen atoms in total. The summed E-state index contributed by atoms with van der Waals surface area (Å²) in [6.07, 6.45) is -3.69. The third-order valence-corrected chi connectivity index (χ3v) is 5.02. The molecule has 0 saturated carbocycles. The van der Waals surface area contributed by atoms with Gasteiger partial charge in [0, 0.05) is 33.7 Å². The zero-order valence-electron chi connectivity index (χ0n) is 15.3. The van der Waals surface area contributed by atoms with E-state index in [1.807, 2.05) is 0 Å². The van der Waals surface area contributed by atoms with Crippen molar-refractivity contribution in [1.29, 1.82) is 0 Å². The number of anilines is 1. The fraction of sp³-hybridized carbons (Fsp3) is 0.353. The number of rotatable bonds is 6. The monoisotopic (exact) mass is 424 g/mol. The summed E-state index contributed by atoms with van der Waals surface area (Å²) in [4.78, 5) is 13.9. The molecule has 2 rings (SSSR count). The van der Waals surface area contributed by atoms with E-state index in [-0.39, 0.29) is 30.4 Å². The smallest absolute Gasteiger partial charge is 0.412 e. The Hall–Kier alpha value is -2.37. The first-order valence-corrected chi connectivity index (χ1v) is 8.73. The number of nitrogens with two attached hydrogens (primary N) is 1. The van der Waals surface area contributed by atoms with Crippen molar-refractivity contribution in [2.24, 2.45) is 17.7 Å². The fourth-order valence-corrected chi connectivity index (χ4v) is 3.76. The van der Waals surface area contributed by atoms with Gasteiger partial charge >= 0.3 is 6.18 Å². The lowest BCUT2D eigenvalue weighted by molar-refractivity contribution is -0.129. The molecule has 0 radical (unpaired) electrons. The highest BCUT2D eigenvalue weighted by molar-refractivity contribution is 7.08. The summed E-state index contributed by atoms with van der Waals surface area (Å²) in [5.74, 6) is 3.06. The van der Waals surface area contributed by atoms with Crippen molar-refractivity contribution in [2.75, 3.05) is 26.0 Å². The number of carbonyl (C=O) groups is 1. The molecule has 1 aromatic heterocycles. The number of hydrogen-bond donors (Lipinski definition) is 2. The molecule has 1 fully saturated rings. The summed E-state index contributed by atoms with van der Waals surface area (Å²) in [6.45, 7) is 7.26. The minimum absolute atomic E-state index is 0. The van der Waals surface area contributed by atoms with Crippen LogP contribution in [0.1, 0.15) is 1.43 Å². The molecule has 0 bridgehead atoms. The van der Waals surface area contributed by atoms with Gasteiger partial charge in [-0.05, 0) is 17.0 Å². The Morgan fingerprint density at radius 2 is 2.14 bits per heavy atom. The average molecular weight is 424 g/mol. The lowest BCUT2D eigenvalue weighted by Crippen LogP contribution is -2.37. The third-order valence-electron chi connectivity index (χ3n) is 4.32. The minimum atomic E-state index is -4.74. The molecule has 1 saturated heterocycles. The summed E-state index contributed by atoms with van der Waals surface area (Å²) < 4.78 is 54.3. The molecule has 0 unspecified atom stereocenters. The van der Waals surface area contributed by atoms with Crippen LogP contribution >= 0.6 is 11.3 Å². The highest BCUT2D eigenvalue weighted by Gasteiger charge is 2.47. The van der Waals surface area contributed by atoms with Gasteiger partial charge in [-0.2, -0.15) is 17.6 Å². The molecular formula is C17H24F4N4O2S. The van der Waals surface area contributed by atoms with Crippen LogP contribution in [-0.2, 0) is 4.79 Å². The molecule has 11 heteroatoms. The largest absolute Gasteiger partial charge is 0.432 e. The molecule has 5 N–H and O–H groups in total. The topological polar surface area (TPSA) is 93.1 Å². The minimum Gasteiger partial charge on any atom is -0.412 e. The van der Waals surface area contributed by atoms with Gasteiger partial charge in [0.15, 0.2) is 5.13 Å². The molecule has 0 aliphatic carbocycles. The predicted octanol–water partition coefficient (Wildman–Crippen LogP) is 2.75. The quantitative estimate of drug-likeness (QED) is 0.318. The van der Waals surface area contributed by atoms with Crippen LogP contribution in [0.25, 0.3) is 0 Å². The number of nitrogens with one attached hydrogen (secondary N) is 1. The van der Waals surface area contributed by atoms with Gasteiger partial charge < -0.3 is 20.7 Å². The van der Waals surface area contributed by atoms with Gasteiger partial charge in [-0.3, -0.25) is 4.79 Å². The molecule has 158 valence electrons. The zero-order chi connectivity index (χ0) is 20.5. The first-order valence-electron chi connectivity index (χ1n) is 7.85. The van der Waals surface area contributed by atoms with Gasteiger partial charge in [-0.25, -0.2) is 5.84 Å². The second kappa shape index (κ2) is 8.76. The fourth-order valence-electron chi connectivity index (χ4n) is 3.19. The average Bonchev–Trinajstić information content (AvgIpc) is 3.07. The van der Waals surface area contributed by atoms with Gasteiger partial charge in [0.2, 0.25) is 5.91 Å². The lowest BCUT2D eigenvalue weighted by Gasteiger charge is -2.27. The number of hydrogen-bond acceptors (Lipinski definition) is 5. The number of thiophene rings is 1. The first kappa shape index (κ1) is 23.7. The number of hydrazine groups is 1. The molecule has 1 amide bonds. The van der Waals surface area contributed by atoms with E-state index in [9.17, 15) is 22.4 Å². The van der Waals surface area contributed by atoms with Gasteiger partial charge in [0.25, 0.3) is 0 Å². The van der Waals surface area contributed by atoms with E-state index in [4.69, 9.17) is 5.84 Å². The molecule has 2 heterocycles. The van der Waals surface area contributed by atoms with Crippen molar-refractivity contribution in [1.82, 2.24) is 9.91 Å². The number of alkyl halides is 3. The van der Waals surface area contributed by atoms with E-state index in [1.165, 1.54) is 23.4 Å². The van der Waals surface area contributed by atoms with Crippen molar-refractivity contribution in [3.8, 4) is 0 Å². The standard InChI is InChI=1S/C17H20F4N4OS.H2O.H2/c1-5-10(14(25(4)22)17(19,20)21)11-8-24(3)16(26)13(11)9(2)23-12-6-7-27-15(12)18;;/h5-7,11,13,23H,1-2,8,22H2,3-4H3;1H2;1H/b14-10+;;/t11-,13-;;/m1../s1. The van der Waals surface area contributed by atoms with Crippen molar-refractivity contribution in [3.63, 3.8) is 0 Å². The van der Waals surface area contributed by atoms with Crippen molar-refractivity contribution in [2.45, 2.75) is 6.18 Å². The van der Waals surface area contributed by atoms with Crippen LogP contribution in [0.3, 0.4) is 0 Å². The lowest BCUT2D eigenvalue weighted by atomic mass is 9.84. The summed E-state index contributed by atoms with van der Waals surface area (Å²) >= 11 is 0.851. The number of allylic oxidation sites excluding steroid dienone is 2. The van der Waals surface area contributed by atoms with E-state index in [1.54, 1.807) is 0 Å². The molecule has 1 aromatic rings. The Bertz CT molecular complexity index is 795. The van der Waals surface area contributed by atoms with Gasteiger partial charge in [0.1, 0.15) is 5.70 Å². The van der Waals surface area contributed by atoms with Crippen LogP contribution in [-0.4, -0.2) is 48.1 Å². The number of carbonyl (C=O) groups excluding carboxylic acids is 1. The second-order valence-corrected chi connectivity index (χ2v) is 7.04. The Balaban J connectivity index is 0.00000392. The van der Waals surface area contributed by atoms with Gasteiger partial charge in [-0.1, -0.05) is 19.2 Å². The number of halogens is 4. The number of likely N-dealkylation sites (tertiary alicyclic amines) is 1. The first-order chi connectivity index (χ1) is 12.5. The summed E-state index contributed by atoms with van der Waals surface area (Å²) in [6, 6.07) is 1.46. The van der Waals surface area contributed by atoms with Crippen molar-refractivity contribution in [3.05, 3.63) is 52.8 Å². The van der Waals surface area contributed by atoms with E-state index < -0.39 is 34.7 Å². The number of amides is 1. The molecule has 0 aromatic carbocycles. The Labute approximate surface area is 165 Å². The Morgan fingerprint density at radius 3 is 2.57 bits per heavy atom. The molecule has 1 aliphatic rings. The van der Waals surface area contributed by atoms with Crippen LogP contribution in [0, 0.1) is 17.0 Å². The second-order valence-electron chi connectivity index (χ2n) is 6.18. The molecule has 0 spiro atoms. The number of nitrogens with zero attached hydrogens (tertiary/aromatic N) is 2. The van der Waals surface area contributed by atoms with Crippen molar-refractivity contribution >= 4 is 22.9 Å². The highest BCUT2D eigenvalue weighted by atomic mass is 32.1. The van der Waals surface area contributed by atoms with E-state index in [0.29, 0.717) is 5.01 Å². The summed E-state index contributed by atoms with van der Waals surface area (Å²) in [7, 11) is 2.55. The maximum absolute atomic E-state index is 13.7. The third kappa shape index (κ3) is 4.54. The van der Waals surface area contributed by atoms with Crippen LogP contribution in [0.2, 0.25) is 0 Å². The highest BCUT2D eigenvalue weighted by Crippen LogP contribution is 2.40. The zero-order valence-corrected chi connectivity index (χ0v) is 16.1. The summed E-state index contributed by atoms with van der Waals surface area (Å²) in [5.41, 5.74) is -1.09. The molecular weight excluding hydrogens is 400 g/mol. The SMILES string of the molecule is C=C/C(=C(\N(C)N)C(F)(F)F)[C@H]1CN(C)C(=O)[C@@H]1C(=C)Nc1ccsc1F.O.[HH]. The summed E-state index contributed by atoms with van der Waals surface area (Å²) in [5, 5.41) is 4.17. The maximum atomic E-state index is 13.7. The van der Waals surface area contributed by atoms with Crippen LogP contribution < -0.4 is 11.2 Å². The molecule has 28 heavy (non-hydrogen) atoms. The maximum Gasteiger partial charge on any atom is 0.432 e. The van der Waals surface area contributed by atoms with E-state index in [2.05, 4.69) is 18.5 Å². The van der Waals surface area contributed by atoms with E-state index >= 15 is 0 Å². The van der Waals surface area contributed by atoms with Crippen LogP contribution in [0.5, 0.6) is 0 Å². The predicted molar refractivity (Wildman–Crippen MR) is 103 cm³/mol.